The summed E-state index contributed by atoms with van der Waals surface area (Å²) < 4.78 is 0. The highest BCUT2D eigenvalue weighted by atomic mass is 35.5. The lowest BCUT2D eigenvalue weighted by atomic mass is 10.1. The number of carbonyl (C=O) groups is 1. The zero-order valence-corrected chi connectivity index (χ0v) is 11.4. The van der Waals surface area contributed by atoms with Crippen LogP contribution in [0.25, 0.3) is 0 Å². The van der Waals surface area contributed by atoms with Gasteiger partial charge in [0.2, 0.25) is 5.91 Å². The molecule has 0 aliphatic heterocycles. The third-order valence-electron chi connectivity index (χ3n) is 2.81. The standard InChI is InChI=1S/C15H15ClN2O/c1-10-3-2-4-11(7-10)9-18-12-5-6-13(15(17)19)14(16)8-12/h2-8,18H,9H2,1H3,(H2,17,19). The fourth-order valence-corrected chi connectivity index (χ4v) is 2.12. The van der Waals surface area contributed by atoms with Gasteiger partial charge in [0.1, 0.15) is 0 Å². The first-order valence-electron chi connectivity index (χ1n) is 5.95. The van der Waals surface area contributed by atoms with Gasteiger partial charge >= 0.3 is 0 Å². The van der Waals surface area contributed by atoms with Crippen LogP contribution < -0.4 is 11.1 Å². The highest BCUT2D eigenvalue weighted by Crippen LogP contribution is 2.21. The Labute approximate surface area is 117 Å². The van der Waals surface area contributed by atoms with Crippen LogP contribution in [-0.4, -0.2) is 5.91 Å². The summed E-state index contributed by atoms with van der Waals surface area (Å²) in [4.78, 5) is 11.1. The molecule has 0 atom stereocenters. The van der Waals surface area contributed by atoms with Crippen LogP contribution in [0, 0.1) is 6.92 Å². The molecule has 0 aliphatic rings. The van der Waals surface area contributed by atoms with E-state index < -0.39 is 5.91 Å². The molecule has 0 fully saturated rings. The Morgan fingerprint density at radius 2 is 2.05 bits per heavy atom. The van der Waals surface area contributed by atoms with Crippen molar-refractivity contribution in [3.63, 3.8) is 0 Å². The van der Waals surface area contributed by atoms with Gasteiger partial charge in [-0.3, -0.25) is 4.79 Å². The van der Waals surface area contributed by atoms with Gasteiger partial charge < -0.3 is 11.1 Å². The van der Waals surface area contributed by atoms with Gasteiger partial charge in [-0.25, -0.2) is 0 Å². The van der Waals surface area contributed by atoms with E-state index in [-0.39, 0.29) is 0 Å². The summed E-state index contributed by atoms with van der Waals surface area (Å²) in [7, 11) is 0. The zero-order valence-electron chi connectivity index (χ0n) is 10.6. The average Bonchev–Trinajstić information content (AvgIpc) is 2.36. The number of nitrogens with one attached hydrogen (secondary N) is 1. The van der Waals surface area contributed by atoms with Crippen molar-refractivity contribution < 1.29 is 4.79 Å². The summed E-state index contributed by atoms with van der Waals surface area (Å²) in [5, 5.41) is 3.62. The van der Waals surface area contributed by atoms with Gasteiger partial charge in [-0.1, -0.05) is 41.4 Å². The van der Waals surface area contributed by atoms with Gasteiger partial charge in [-0.2, -0.15) is 0 Å². The Kier molecular flexibility index (Phi) is 4.07. The van der Waals surface area contributed by atoms with Crippen molar-refractivity contribution in [1.82, 2.24) is 0 Å². The molecule has 0 aliphatic carbocycles. The molecule has 0 saturated heterocycles. The van der Waals surface area contributed by atoms with E-state index in [0.717, 1.165) is 5.69 Å². The summed E-state index contributed by atoms with van der Waals surface area (Å²) in [5.74, 6) is -0.518. The van der Waals surface area contributed by atoms with Crippen molar-refractivity contribution >= 4 is 23.2 Å². The van der Waals surface area contributed by atoms with Gasteiger partial charge in [0.15, 0.2) is 0 Å². The summed E-state index contributed by atoms with van der Waals surface area (Å²) in [6.45, 7) is 2.76. The average molecular weight is 275 g/mol. The van der Waals surface area contributed by atoms with Crippen LogP contribution in [-0.2, 0) is 6.54 Å². The molecule has 98 valence electrons. The number of aryl methyl sites for hydroxylation is 1. The molecule has 2 aromatic rings. The summed E-state index contributed by atoms with van der Waals surface area (Å²) >= 11 is 5.99. The molecule has 0 bridgehead atoms. The Morgan fingerprint density at radius 3 is 2.68 bits per heavy atom. The first kappa shape index (κ1) is 13.4. The molecule has 1 amide bonds. The summed E-state index contributed by atoms with van der Waals surface area (Å²) in [5.41, 5.74) is 8.81. The van der Waals surface area contributed by atoms with Crippen LogP contribution in [0.1, 0.15) is 21.5 Å². The smallest absolute Gasteiger partial charge is 0.250 e. The summed E-state index contributed by atoms with van der Waals surface area (Å²) in [6.07, 6.45) is 0. The number of hydrogen-bond donors (Lipinski definition) is 2. The molecule has 3 nitrogen and oxygen atoms in total. The Hall–Kier alpha value is -2.00. The fraction of sp³-hybridized carbons (Fsp3) is 0.133. The van der Waals surface area contributed by atoms with E-state index in [9.17, 15) is 4.79 Å². The molecule has 0 aromatic heterocycles. The summed E-state index contributed by atoms with van der Waals surface area (Å²) in [6, 6.07) is 13.4. The van der Waals surface area contributed by atoms with E-state index in [4.69, 9.17) is 17.3 Å². The van der Waals surface area contributed by atoms with Gasteiger partial charge in [0, 0.05) is 12.2 Å². The van der Waals surface area contributed by atoms with Crippen LogP contribution in [0.3, 0.4) is 0 Å². The highest BCUT2D eigenvalue weighted by Gasteiger charge is 2.06. The number of amides is 1. The van der Waals surface area contributed by atoms with Crippen LogP contribution >= 0.6 is 11.6 Å². The Bertz CT molecular complexity index is 611. The molecule has 2 aromatic carbocycles. The number of rotatable bonds is 4. The van der Waals surface area contributed by atoms with Crippen molar-refractivity contribution in [1.29, 1.82) is 0 Å². The van der Waals surface area contributed by atoms with E-state index in [0.29, 0.717) is 17.1 Å². The zero-order chi connectivity index (χ0) is 13.8. The minimum atomic E-state index is -0.518. The van der Waals surface area contributed by atoms with Crippen molar-refractivity contribution in [2.24, 2.45) is 5.73 Å². The minimum absolute atomic E-state index is 0.336. The van der Waals surface area contributed by atoms with Crippen LogP contribution in [0.5, 0.6) is 0 Å². The molecule has 0 heterocycles. The third kappa shape index (κ3) is 3.48. The molecule has 3 N–H and O–H groups in total. The first-order chi connectivity index (χ1) is 9.06. The lowest BCUT2D eigenvalue weighted by Crippen LogP contribution is -2.11. The number of nitrogens with two attached hydrogens (primary N) is 1. The molecule has 0 spiro atoms. The Balaban J connectivity index is 2.08. The Morgan fingerprint density at radius 1 is 1.26 bits per heavy atom. The largest absolute Gasteiger partial charge is 0.381 e. The lowest BCUT2D eigenvalue weighted by Gasteiger charge is -2.09. The van der Waals surface area contributed by atoms with Gasteiger partial charge in [-0.15, -0.1) is 0 Å². The second-order valence-electron chi connectivity index (χ2n) is 4.40. The normalized spacial score (nSPS) is 10.2. The first-order valence-corrected chi connectivity index (χ1v) is 6.33. The number of primary amides is 1. The van der Waals surface area contributed by atoms with Crippen LogP contribution in [0.4, 0.5) is 5.69 Å². The van der Waals surface area contributed by atoms with E-state index in [2.05, 4.69) is 30.4 Å². The van der Waals surface area contributed by atoms with E-state index in [1.165, 1.54) is 11.1 Å². The van der Waals surface area contributed by atoms with Crippen LogP contribution in [0.2, 0.25) is 5.02 Å². The van der Waals surface area contributed by atoms with Gasteiger partial charge in [0.25, 0.3) is 0 Å². The van der Waals surface area contributed by atoms with Crippen molar-refractivity contribution in [2.45, 2.75) is 13.5 Å². The monoisotopic (exact) mass is 274 g/mol. The number of halogens is 1. The molecule has 0 unspecified atom stereocenters. The third-order valence-corrected chi connectivity index (χ3v) is 3.13. The van der Waals surface area contributed by atoms with Crippen molar-refractivity contribution in [3.05, 3.63) is 64.2 Å². The molecular weight excluding hydrogens is 260 g/mol. The minimum Gasteiger partial charge on any atom is -0.381 e. The maximum atomic E-state index is 11.1. The molecule has 19 heavy (non-hydrogen) atoms. The lowest BCUT2D eigenvalue weighted by molar-refractivity contribution is 0.100. The van der Waals surface area contributed by atoms with Gasteiger partial charge in [-0.05, 0) is 30.7 Å². The van der Waals surface area contributed by atoms with Crippen LogP contribution in [0.15, 0.2) is 42.5 Å². The van der Waals surface area contributed by atoms with E-state index >= 15 is 0 Å². The number of anilines is 1. The van der Waals surface area contributed by atoms with E-state index in [1.54, 1.807) is 18.2 Å². The van der Waals surface area contributed by atoms with E-state index in [1.807, 2.05) is 6.07 Å². The fourth-order valence-electron chi connectivity index (χ4n) is 1.85. The molecule has 4 heteroatoms. The number of benzene rings is 2. The van der Waals surface area contributed by atoms with Crippen molar-refractivity contribution in [2.75, 3.05) is 5.32 Å². The highest BCUT2D eigenvalue weighted by molar-refractivity contribution is 6.34. The maximum Gasteiger partial charge on any atom is 0.250 e. The molecule has 0 saturated carbocycles. The van der Waals surface area contributed by atoms with Crippen molar-refractivity contribution in [3.8, 4) is 0 Å². The SMILES string of the molecule is Cc1cccc(CNc2ccc(C(N)=O)c(Cl)c2)c1. The van der Waals surface area contributed by atoms with Gasteiger partial charge in [0.05, 0.1) is 10.6 Å². The quantitative estimate of drug-likeness (QED) is 0.898. The second-order valence-corrected chi connectivity index (χ2v) is 4.81. The number of hydrogen-bond acceptors (Lipinski definition) is 2. The maximum absolute atomic E-state index is 11.1. The predicted molar refractivity (Wildman–Crippen MR) is 78.5 cm³/mol. The topological polar surface area (TPSA) is 55.1 Å². The number of carbonyl (C=O) groups excluding carboxylic acids is 1. The predicted octanol–water partition coefficient (Wildman–Crippen LogP) is 3.36. The molecule has 2 rings (SSSR count). The molecule has 0 radical (unpaired) electrons. The second kappa shape index (κ2) is 5.76. The molecular formula is C15H15ClN2O.